The molecule has 1 rings (SSSR count). The molecule has 0 aliphatic heterocycles. The number of benzene rings is 1. The van der Waals surface area contributed by atoms with Gasteiger partial charge in [0.25, 0.3) is 0 Å². The van der Waals surface area contributed by atoms with E-state index >= 15 is 0 Å². The van der Waals surface area contributed by atoms with Crippen molar-refractivity contribution in [3.05, 3.63) is 23.8 Å². The van der Waals surface area contributed by atoms with Crippen LogP contribution in [0.15, 0.2) is 18.2 Å². The molecule has 0 amide bonds. The first-order chi connectivity index (χ1) is 8.69. The first kappa shape index (κ1) is 14.8. The molecule has 0 atom stereocenters. The van der Waals surface area contributed by atoms with E-state index in [1.54, 1.807) is 0 Å². The van der Waals surface area contributed by atoms with Crippen LogP contribution >= 0.6 is 0 Å². The van der Waals surface area contributed by atoms with Crippen LogP contribution in [0.4, 0.5) is 0 Å². The van der Waals surface area contributed by atoms with Crippen molar-refractivity contribution in [2.24, 2.45) is 5.92 Å². The quantitative estimate of drug-likeness (QED) is 0.769. The fourth-order valence-corrected chi connectivity index (χ4v) is 1.77. The molecule has 0 bridgehead atoms. The summed E-state index contributed by atoms with van der Waals surface area (Å²) in [5.41, 5.74) is 1.16. The van der Waals surface area contributed by atoms with Crippen molar-refractivity contribution in [2.75, 3.05) is 19.8 Å². The number of hydrogen-bond donors (Lipinski definition) is 1. The monoisotopic (exact) mass is 251 g/mol. The highest BCUT2D eigenvalue weighted by Crippen LogP contribution is 2.31. The van der Waals surface area contributed by atoms with Gasteiger partial charge in [0, 0.05) is 12.1 Å². The maximum Gasteiger partial charge on any atom is 0.165 e. The first-order valence-electron chi connectivity index (χ1n) is 6.77. The minimum absolute atomic E-state index is 0.649. The summed E-state index contributed by atoms with van der Waals surface area (Å²) in [6.45, 7) is 11.5. The van der Waals surface area contributed by atoms with Crippen molar-refractivity contribution in [3.8, 4) is 11.5 Å². The third-order valence-electron chi connectivity index (χ3n) is 2.52. The zero-order valence-corrected chi connectivity index (χ0v) is 12.0. The van der Waals surface area contributed by atoms with E-state index in [4.69, 9.17) is 9.47 Å². The Hall–Kier alpha value is -1.22. The highest BCUT2D eigenvalue weighted by molar-refractivity contribution is 5.46. The lowest BCUT2D eigenvalue weighted by Crippen LogP contribution is -2.19. The average Bonchev–Trinajstić information content (AvgIpc) is 2.33. The van der Waals surface area contributed by atoms with Gasteiger partial charge in [-0.3, -0.25) is 0 Å². The predicted molar refractivity (Wildman–Crippen MR) is 75.3 cm³/mol. The SMILES string of the molecule is CCOc1cccc(CNCC(C)C)c1OCC. The van der Waals surface area contributed by atoms with Crippen molar-refractivity contribution in [2.45, 2.75) is 34.2 Å². The second-order valence-corrected chi connectivity index (χ2v) is 4.64. The predicted octanol–water partition coefficient (Wildman–Crippen LogP) is 3.23. The Morgan fingerprint density at radius 1 is 1.11 bits per heavy atom. The van der Waals surface area contributed by atoms with Crippen LogP contribution in [0.1, 0.15) is 33.3 Å². The fraction of sp³-hybridized carbons (Fsp3) is 0.600. The van der Waals surface area contributed by atoms with Gasteiger partial charge >= 0.3 is 0 Å². The lowest BCUT2D eigenvalue weighted by Gasteiger charge is -2.16. The van der Waals surface area contributed by atoms with Crippen molar-refractivity contribution in [1.82, 2.24) is 5.32 Å². The zero-order chi connectivity index (χ0) is 13.4. The summed E-state index contributed by atoms with van der Waals surface area (Å²) in [6, 6.07) is 6.06. The lowest BCUT2D eigenvalue weighted by molar-refractivity contribution is 0.284. The number of hydrogen-bond acceptors (Lipinski definition) is 3. The second kappa shape index (κ2) is 7.98. The molecule has 0 aliphatic rings. The molecular formula is C15H25NO2. The molecule has 0 saturated carbocycles. The molecule has 0 fully saturated rings. The molecule has 0 unspecified atom stereocenters. The van der Waals surface area contributed by atoms with Crippen LogP contribution in [0, 0.1) is 5.92 Å². The standard InChI is InChI=1S/C15H25NO2/c1-5-17-14-9-7-8-13(15(14)18-6-2)11-16-10-12(3)4/h7-9,12,16H,5-6,10-11H2,1-4H3. The summed E-state index contributed by atoms with van der Waals surface area (Å²) in [4.78, 5) is 0. The van der Waals surface area contributed by atoms with E-state index in [-0.39, 0.29) is 0 Å². The van der Waals surface area contributed by atoms with Crippen LogP contribution in [0.25, 0.3) is 0 Å². The number of rotatable bonds is 8. The normalized spacial score (nSPS) is 10.7. The Labute approximate surface area is 110 Å². The Balaban J connectivity index is 2.77. The molecule has 0 saturated heterocycles. The maximum atomic E-state index is 5.71. The van der Waals surface area contributed by atoms with E-state index < -0.39 is 0 Å². The van der Waals surface area contributed by atoms with Crippen LogP contribution in [-0.4, -0.2) is 19.8 Å². The van der Waals surface area contributed by atoms with E-state index in [0.717, 1.165) is 30.2 Å². The molecule has 0 radical (unpaired) electrons. The van der Waals surface area contributed by atoms with Crippen LogP contribution in [0.5, 0.6) is 11.5 Å². The van der Waals surface area contributed by atoms with E-state index in [1.165, 1.54) is 0 Å². The molecule has 0 heterocycles. The Morgan fingerprint density at radius 3 is 2.44 bits per heavy atom. The maximum absolute atomic E-state index is 5.71. The van der Waals surface area contributed by atoms with Gasteiger partial charge in [-0.05, 0) is 32.4 Å². The highest BCUT2D eigenvalue weighted by Gasteiger charge is 2.10. The van der Waals surface area contributed by atoms with E-state index in [1.807, 2.05) is 26.0 Å². The molecular weight excluding hydrogens is 226 g/mol. The van der Waals surface area contributed by atoms with Crippen molar-refractivity contribution < 1.29 is 9.47 Å². The van der Waals surface area contributed by atoms with Gasteiger partial charge in [-0.1, -0.05) is 26.0 Å². The van der Waals surface area contributed by atoms with E-state index in [2.05, 4.69) is 25.2 Å². The van der Waals surface area contributed by atoms with Crippen LogP contribution in [-0.2, 0) is 6.54 Å². The summed E-state index contributed by atoms with van der Waals surface area (Å²) >= 11 is 0. The third kappa shape index (κ3) is 4.57. The molecule has 1 N–H and O–H groups in total. The van der Waals surface area contributed by atoms with Gasteiger partial charge in [0.1, 0.15) is 0 Å². The fourth-order valence-electron chi connectivity index (χ4n) is 1.77. The minimum atomic E-state index is 0.649. The van der Waals surface area contributed by atoms with E-state index in [0.29, 0.717) is 19.1 Å². The first-order valence-corrected chi connectivity index (χ1v) is 6.77. The van der Waals surface area contributed by atoms with Gasteiger partial charge in [-0.2, -0.15) is 0 Å². The smallest absolute Gasteiger partial charge is 0.165 e. The van der Waals surface area contributed by atoms with Gasteiger partial charge in [-0.15, -0.1) is 0 Å². The van der Waals surface area contributed by atoms with Crippen molar-refractivity contribution >= 4 is 0 Å². The summed E-state index contributed by atoms with van der Waals surface area (Å²) in [5, 5.41) is 3.43. The zero-order valence-electron chi connectivity index (χ0n) is 12.0. The van der Waals surface area contributed by atoms with Crippen molar-refractivity contribution in [1.29, 1.82) is 0 Å². The minimum Gasteiger partial charge on any atom is -0.490 e. The molecule has 1 aromatic rings. The van der Waals surface area contributed by atoms with Crippen LogP contribution < -0.4 is 14.8 Å². The van der Waals surface area contributed by atoms with Crippen LogP contribution in [0.3, 0.4) is 0 Å². The molecule has 0 spiro atoms. The number of nitrogens with one attached hydrogen (secondary N) is 1. The van der Waals surface area contributed by atoms with Crippen LogP contribution in [0.2, 0.25) is 0 Å². The Morgan fingerprint density at radius 2 is 1.83 bits per heavy atom. The summed E-state index contributed by atoms with van der Waals surface area (Å²) in [6.07, 6.45) is 0. The Bertz CT molecular complexity index is 350. The molecule has 1 aromatic carbocycles. The molecule has 3 nitrogen and oxygen atoms in total. The van der Waals surface area contributed by atoms with Gasteiger partial charge in [-0.25, -0.2) is 0 Å². The second-order valence-electron chi connectivity index (χ2n) is 4.64. The third-order valence-corrected chi connectivity index (χ3v) is 2.52. The summed E-state index contributed by atoms with van der Waals surface area (Å²) in [5.74, 6) is 2.36. The highest BCUT2D eigenvalue weighted by atomic mass is 16.5. The molecule has 102 valence electrons. The molecule has 0 aromatic heterocycles. The summed E-state index contributed by atoms with van der Waals surface area (Å²) < 4.78 is 11.3. The van der Waals surface area contributed by atoms with Crippen molar-refractivity contribution in [3.63, 3.8) is 0 Å². The summed E-state index contributed by atoms with van der Waals surface area (Å²) in [7, 11) is 0. The van der Waals surface area contributed by atoms with Gasteiger partial charge < -0.3 is 14.8 Å². The number of ether oxygens (including phenoxy) is 2. The van der Waals surface area contributed by atoms with Gasteiger partial charge in [0.05, 0.1) is 13.2 Å². The van der Waals surface area contributed by atoms with Gasteiger partial charge in [0.2, 0.25) is 0 Å². The molecule has 0 aliphatic carbocycles. The average molecular weight is 251 g/mol. The molecule has 18 heavy (non-hydrogen) atoms. The van der Waals surface area contributed by atoms with Gasteiger partial charge in [0.15, 0.2) is 11.5 Å². The Kier molecular flexibility index (Phi) is 6.58. The number of para-hydroxylation sites is 1. The van der Waals surface area contributed by atoms with E-state index in [9.17, 15) is 0 Å². The largest absolute Gasteiger partial charge is 0.490 e. The molecule has 3 heteroatoms. The lowest BCUT2D eigenvalue weighted by atomic mass is 10.1. The topological polar surface area (TPSA) is 30.5 Å².